The van der Waals surface area contributed by atoms with Gasteiger partial charge < -0.3 is 9.30 Å². The first-order valence-electron chi connectivity index (χ1n) is 12.4. The lowest BCUT2D eigenvalue weighted by molar-refractivity contribution is -0.119. The van der Waals surface area contributed by atoms with Crippen molar-refractivity contribution in [3.8, 4) is 0 Å². The van der Waals surface area contributed by atoms with Gasteiger partial charge in [0.15, 0.2) is 5.49 Å². The van der Waals surface area contributed by atoms with E-state index in [1.54, 1.807) is 35.9 Å². The molecule has 186 valence electrons. The van der Waals surface area contributed by atoms with E-state index in [0.717, 1.165) is 18.4 Å². The summed E-state index contributed by atoms with van der Waals surface area (Å²) in [6.45, 7) is 6.26. The van der Waals surface area contributed by atoms with Gasteiger partial charge in [-0.2, -0.15) is 4.99 Å². The van der Waals surface area contributed by atoms with Gasteiger partial charge in [0.05, 0.1) is 17.9 Å². The van der Waals surface area contributed by atoms with E-state index in [9.17, 15) is 14.4 Å². The molecule has 3 aromatic heterocycles. The number of amides is 1. The smallest absolute Gasteiger partial charge is 0.341 e. The van der Waals surface area contributed by atoms with Gasteiger partial charge in [-0.3, -0.25) is 14.0 Å². The topological polar surface area (TPSA) is 95.0 Å². The average molecular weight is 487 g/mol. The number of benzene rings is 1. The van der Waals surface area contributed by atoms with E-state index in [4.69, 9.17) is 9.72 Å². The molecule has 0 saturated heterocycles. The highest BCUT2D eigenvalue weighted by Crippen LogP contribution is 2.21. The molecule has 0 saturated carbocycles. The Bertz CT molecular complexity index is 1540. The second kappa shape index (κ2) is 11.1. The van der Waals surface area contributed by atoms with Crippen LogP contribution in [0.1, 0.15) is 61.9 Å². The monoisotopic (exact) mass is 486 g/mol. The van der Waals surface area contributed by atoms with Crippen LogP contribution in [0.4, 0.5) is 0 Å². The van der Waals surface area contributed by atoms with Crippen LogP contribution in [0.5, 0.6) is 0 Å². The molecule has 0 fully saturated rings. The summed E-state index contributed by atoms with van der Waals surface area (Å²) in [5, 5.41) is 0.263. The molecule has 0 spiro atoms. The minimum absolute atomic E-state index is 0.0755. The Morgan fingerprint density at radius 2 is 1.81 bits per heavy atom. The maximum atomic E-state index is 13.5. The molecule has 0 aliphatic rings. The summed E-state index contributed by atoms with van der Waals surface area (Å²) in [6, 6.07) is 16.2. The van der Waals surface area contributed by atoms with Crippen LogP contribution >= 0.6 is 0 Å². The summed E-state index contributed by atoms with van der Waals surface area (Å²) in [5.41, 5.74) is 1.64. The second-order valence-corrected chi connectivity index (χ2v) is 8.51. The molecule has 4 aromatic rings. The van der Waals surface area contributed by atoms with E-state index in [0.29, 0.717) is 24.3 Å². The van der Waals surface area contributed by atoms with E-state index in [-0.39, 0.29) is 34.5 Å². The third kappa shape index (κ3) is 4.84. The largest absolute Gasteiger partial charge is 0.462 e. The van der Waals surface area contributed by atoms with Gasteiger partial charge >= 0.3 is 5.97 Å². The highest BCUT2D eigenvalue weighted by molar-refractivity contribution is 5.94. The van der Waals surface area contributed by atoms with Gasteiger partial charge in [-0.05, 0) is 43.5 Å². The first-order chi connectivity index (χ1) is 17.5. The third-order valence-corrected chi connectivity index (χ3v) is 6.14. The lowest BCUT2D eigenvalue weighted by Crippen LogP contribution is -2.33. The number of carbonyl (C=O) groups is 2. The Hall–Kier alpha value is -4.07. The van der Waals surface area contributed by atoms with Gasteiger partial charge in [-0.25, -0.2) is 9.78 Å². The van der Waals surface area contributed by atoms with Crippen molar-refractivity contribution in [1.82, 2.24) is 14.0 Å². The lowest BCUT2D eigenvalue weighted by atomic mass is 9.96. The maximum absolute atomic E-state index is 13.5. The summed E-state index contributed by atoms with van der Waals surface area (Å²) in [7, 11) is 0. The Kier molecular flexibility index (Phi) is 7.73. The molecule has 4 rings (SSSR count). The number of fused-ring (bicyclic) bond motifs is 2. The normalized spacial score (nSPS) is 12.7. The Morgan fingerprint density at radius 1 is 1.06 bits per heavy atom. The quantitative estimate of drug-likeness (QED) is 0.274. The Balaban J connectivity index is 2.07. The zero-order valence-corrected chi connectivity index (χ0v) is 20.8. The highest BCUT2D eigenvalue weighted by Gasteiger charge is 2.22. The number of aryl methyl sites for hydroxylation is 1. The van der Waals surface area contributed by atoms with Crippen molar-refractivity contribution in [2.24, 2.45) is 4.99 Å². The van der Waals surface area contributed by atoms with Crippen LogP contribution in [0.15, 0.2) is 70.6 Å². The molecule has 3 heterocycles. The molecular formula is C28H30N4O4. The van der Waals surface area contributed by atoms with E-state index in [1.165, 1.54) is 10.5 Å². The molecule has 1 atom stereocenters. The Labute approximate surface area is 208 Å². The van der Waals surface area contributed by atoms with Gasteiger partial charge in [-0.1, -0.05) is 56.7 Å². The van der Waals surface area contributed by atoms with Crippen LogP contribution in [-0.4, -0.2) is 32.4 Å². The van der Waals surface area contributed by atoms with Crippen molar-refractivity contribution in [2.75, 3.05) is 6.61 Å². The number of hydrogen-bond donors (Lipinski definition) is 0. The average Bonchev–Trinajstić information content (AvgIpc) is 2.89. The molecule has 8 heteroatoms. The highest BCUT2D eigenvalue weighted by atomic mass is 16.5. The van der Waals surface area contributed by atoms with Gasteiger partial charge in [0.25, 0.3) is 11.5 Å². The van der Waals surface area contributed by atoms with E-state index < -0.39 is 11.9 Å². The molecule has 1 aromatic carbocycles. The third-order valence-electron chi connectivity index (χ3n) is 6.14. The van der Waals surface area contributed by atoms with Crippen LogP contribution in [0.2, 0.25) is 0 Å². The number of ether oxygens (including phenoxy) is 1. The van der Waals surface area contributed by atoms with E-state index in [2.05, 4.69) is 4.99 Å². The van der Waals surface area contributed by atoms with Crippen LogP contribution < -0.4 is 11.0 Å². The summed E-state index contributed by atoms with van der Waals surface area (Å²) in [5.74, 6) is -1.47. The molecule has 0 aliphatic carbocycles. The number of aromatic nitrogens is 3. The minimum atomic E-state index is -0.637. The fraction of sp³-hybridized carbons (Fsp3) is 0.321. The molecule has 0 bridgehead atoms. The predicted molar refractivity (Wildman–Crippen MR) is 138 cm³/mol. The van der Waals surface area contributed by atoms with Crippen molar-refractivity contribution in [1.29, 1.82) is 0 Å². The zero-order chi connectivity index (χ0) is 25.7. The molecule has 0 radical (unpaired) electrons. The lowest BCUT2D eigenvalue weighted by Gasteiger charge is -2.16. The fourth-order valence-corrected chi connectivity index (χ4v) is 4.31. The van der Waals surface area contributed by atoms with E-state index in [1.807, 2.05) is 44.2 Å². The fourth-order valence-electron chi connectivity index (χ4n) is 4.31. The van der Waals surface area contributed by atoms with Crippen LogP contribution in [0, 0.1) is 0 Å². The molecule has 36 heavy (non-hydrogen) atoms. The number of hydrogen-bond acceptors (Lipinski definition) is 5. The predicted octanol–water partition coefficient (Wildman–Crippen LogP) is 4.25. The van der Waals surface area contributed by atoms with Crippen molar-refractivity contribution in [3.05, 3.63) is 87.8 Å². The second-order valence-electron chi connectivity index (χ2n) is 8.51. The summed E-state index contributed by atoms with van der Waals surface area (Å²) < 4.78 is 8.46. The Morgan fingerprint density at radius 3 is 2.50 bits per heavy atom. The van der Waals surface area contributed by atoms with Gasteiger partial charge in [0.2, 0.25) is 0 Å². The number of pyridine rings is 2. The first-order valence-corrected chi connectivity index (χ1v) is 12.4. The minimum Gasteiger partial charge on any atom is -0.462 e. The van der Waals surface area contributed by atoms with Gasteiger partial charge in [0.1, 0.15) is 16.9 Å². The molecule has 0 unspecified atom stereocenters. The number of carbonyl (C=O) groups excluding carboxylic acids is 2. The van der Waals surface area contributed by atoms with Crippen molar-refractivity contribution >= 4 is 28.6 Å². The van der Waals surface area contributed by atoms with Crippen LogP contribution in [0.3, 0.4) is 0 Å². The molecule has 0 N–H and O–H groups in total. The first kappa shape index (κ1) is 25.0. The van der Waals surface area contributed by atoms with Gasteiger partial charge in [0, 0.05) is 12.7 Å². The molecular weight excluding hydrogens is 456 g/mol. The number of unbranched alkanes of at least 4 members (excludes halogenated alkanes) is 1. The molecule has 0 aliphatic heterocycles. The summed E-state index contributed by atoms with van der Waals surface area (Å²) >= 11 is 0. The van der Waals surface area contributed by atoms with Crippen molar-refractivity contribution in [3.63, 3.8) is 0 Å². The summed E-state index contributed by atoms with van der Waals surface area (Å²) in [4.78, 5) is 49.2. The summed E-state index contributed by atoms with van der Waals surface area (Å²) in [6.07, 6.45) is 3.79. The van der Waals surface area contributed by atoms with Crippen LogP contribution in [0.25, 0.3) is 16.7 Å². The van der Waals surface area contributed by atoms with Crippen molar-refractivity contribution in [2.45, 2.75) is 52.5 Å². The van der Waals surface area contributed by atoms with Crippen LogP contribution in [-0.2, 0) is 16.1 Å². The number of nitrogens with zero attached hydrogens (tertiary/aromatic N) is 4. The molecule has 1 amide bonds. The maximum Gasteiger partial charge on any atom is 0.341 e. The standard InChI is InChI=1S/C28H30N4O4/c1-4-7-16-32-24-21(27(34)31-17-12-11-15-23(31)29-24)18-22(28(35)36-6-3)25(32)30-26(33)20(5-2)19-13-9-8-10-14-19/h8-15,17-18,20H,4-7,16H2,1-3H3/t20-/m0/s1. The zero-order valence-electron chi connectivity index (χ0n) is 20.8. The van der Waals surface area contributed by atoms with Crippen molar-refractivity contribution < 1.29 is 14.3 Å². The van der Waals surface area contributed by atoms with Gasteiger partial charge in [-0.15, -0.1) is 0 Å². The number of rotatable bonds is 8. The SMILES string of the molecule is CCCCn1c(=NC(=O)[C@@H](CC)c2ccccc2)c(C(=O)OCC)cc2c(=O)n3ccccc3nc21. The molecule has 8 nitrogen and oxygen atoms in total. The number of esters is 1. The van der Waals surface area contributed by atoms with E-state index >= 15 is 0 Å².